The van der Waals surface area contributed by atoms with E-state index >= 15 is 0 Å². The second-order valence-corrected chi connectivity index (χ2v) is 10.2. The van der Waals surface area contributed by atoms with Crippen LogP contribution in [0.5, 0.6) is 17.2 Å². The molecule has 256 valence electrons. The van der Waals surface area contributed by atoms with Crippen LogP contribution in [0.2, 0.25) is 0 Å². The molecule has 5 atom stereocenters. The van der Waals surface area contributed by atoms with Crippen molar-refractivity contribution < 1.29 is 66.3 Å². The Bertz CT molecular complexity index is 1540. The Morgan fingerprint density at radius 1 is 0.830 bits per heavy atom. The van der Waals surface area contributed by atoms with E-state index in [1.807, 2.05) is 19.1 Å². The first-order valence-electron chi connectivity index (χ1n) is 14.9. The van der Waals surface area contributed by atoms with Gasteiger partial charge in [0.1, 0.15) is 24.0 Å². The van der Waals surface area contributed by atoms with E-state index in [1.165, 1.54) is 18.2 Å². The van der Waals surface area contributed by atoms with Gasteiger partial charge in [0.2, 0.25) is 12.4 Å². The fourth-order valence-electron chi connectivity index (χ4n) is 4.56. The number of carbonyl (C=O) groups is 5. The summed E-state index contributed by atoms with van der Waals surface area (Å²) in [4.78, 5) is 72.9. The molecule has 47 heavy (non-hydrogen) atoms. The lowest BCUT2D eigenvalue weighted by Gasteiger charge is -2.43. The van der Waals surface area contributed by atoms with Gasteiger partial charge < -0.3 is 42.3 Å². The predicted octanol–water partition coefficient (Wildman–Crippen LogP) is 3.31. The molecule has 0 saturated carbocycles. The summed E-state index contributed by atoms with van der Waals surface area (Å²) in [7, 11) is 0. The van der Waals surface area contributed by atoms with Gasteiger partial charge in [-0.1, -0.05) is 26.0 Å². The van der Waals surface area contributed by atoms with Gasteiger partial charge in [0, 0.05) is 40.2 Å². The quantitative estimate of drug-likeness (QED) is 0.0941. The smallest absolute Gasteiger partial charge is 0.383 e. The Morgan fingerprint density at radius 3 is 2.11 bits per heavy atom. The number of hydrogen-bond donors (Lipinski definition) is 0. The molecule has 15 heteroatoms. The van der Waals surface area contributed by atoms with Gasteiger partial charge in [0.15, 0.2) is 18.0 Å². The van der Waals surface area contributed by atoms with Gasteiger partial charge in [0.25, 0.3) is 5.75 Å². The Balaban J connectivity index is 2.06. The van der Waals surface area contributed by atoms with Crippen molar-refractivity contribution in [2.45, 2.75) is 91.5 Å². The number of esters is 5. The monoisotopic (exact) mass is 662 g/mol. The van der Waals surface area contributed by atoms with Gasteiger partial charge in [-0.15, -0.1) is 0 Å². The van der Waals surface area contributed by atoms with Crippen molar-refractivity contribution in [3.05, 3.63) is 40.8 Å². The molecule has 3 rings (SSSR count). The Kier molecular flexibility index (Phi) is 13.3. The van der Waals surface area contributed by atoms with Crippen molar-refractivity contribution in [1.82, 2.24) is 0 Å². The van der Waals surface area contributed by atoms with Crippen molar-refractivity contribution in [1.29, 1.82) is 0 Å². The predicted molar refractivity (Wildman–Crippen MR) is 161 cm³/mol. The third kappa shape index (κ3) is 10.3. The highest BCUT2D eigenvalue weighted by molar-refractivity contribution is 5.88. The van der Waals surface area contributed by atoms with E-state index in [1.54, 1.807) is 6.92 Å². The van der Waals surface area contributed by atoms with Crippen molar-refractivity contribution in [2.75, 3.05) is 13.2 Å². The maximum atomic E-state index is 13.0. The molecule has 0 radical (unpaired) electrons. The molecule has 0 amide bonds. The van der Waals surface area contributed by atoms with Crippen LogP contribution in [-0.4, -0.2) is 73.8 Å². The Labute approximate surface area is 269 Å². The van der Waals surface area contributed by atoms with Gasteiger partial charge >= 0.3 is 35.5 Å². The molecule has 2 heterocycles. The molecule has 15 nitrogen and oxygen atoms in total. The molecule has 1 aliphatic rings. The average molecular weight is 663 g/mol. The highest BCUT2D eigenvalue weighted by atomic mass is 16.7. The van der Waals surface area contributed by atoms with Crippen LogP contribution in [0.1, 0.15) is 60.8 Å². The van der Waals surface area contributed by atoms with Crippen molar-refractivity contribution in [2.24, 2.45) is 0 Å². The average Bonchev–Trinajstić information content (AvgIpc) is 2.99. The fraction of sp³-hybridized carbons (Fsp3) is 0.500. The SMILES string of the molecule is CCC=CCCOc1c(OC(=O)CC)c(=O)oc2cc(O[C@H]3O[C@H](COC(C)=O)[C@@H](OC(C)=O)[C@H](OC(C)=O)[C@@H]3OC(C)=O)ccc12. The molecule has 1 aromatic heterocycles. The highest BCUT2D eigenvalue weighted by Crippen LogP contribution is 2.36. The molecule has 1 aromatic carbocycles. The minimum absolute atomic E-state index is 0.00107. The molecule has 1 fully saturated rings. The van der Waals surface area contributed by atoms with Crippen LogP contribution in [0.25, 0.3) is 11.0 Å². The van der Waals surface area contributed by atoms with E-state index in [2.05, 4.69) is 0 Å². The number of hydrogen-bond acceptors (Lipinski definition) is 15. The van der Waals surface area contributed by atoms with Crippen LogP contribution in [-0.2, 0) is 47.7 Å². The molecule has 1 aliphatic heterocycles. The van der Waals surface area contributed by atoms with E-state index in [-0.39, 0.29) is 35.5 Å². The lowest BCUT2D eigenvalue weighted by Crippen LogP contribution is -2.63. The number of fused-ring (bicyclic) bond motifs is 1. The normalized spacial score (nSPS) is 20.7. The summed E-state index contributed by atoms with van der Waals surface area (Å²) in [5, 5.41) is 0.275. The number of allylic oxidation sites excluding steroid dienone is 1. The second-order valence-electron chi connectivity index (χ2n) is 10.2. The van der Waals surface area contributed by atoms with Crippen molar-refractivity contribution >= 4 is 40.8 Å². The summed E-state index contributed by atoms with van der Waals surface area (Å²) in [5.41, 5.74) is -1.00. The van der Waals surface area contributed by atoms with E-state index in [0.717, 1.165) is 34.1 Å². The summed E-state index contributed by atoms with van der Waals surface area (Å²) in [6.07, 6.45) is -1.85. The van der Waals surface area contributed by atoms with E-state index in [9.17, 15) is 28.8 Å². The third-order valence-electron chi connectivity index (χ3n) is 6.43. The number of ether oxygens (including phenoxy) is 8. The van der Waals surface area contributed by atoms with Crippen molar-refractivity contribution in [3.63, 3.8) is 0 Å². The first kappa shape index (κ1) is 36.5. The van der Waals surface area contributed by atoms with Gasteiger partial charge in [-0.3, -0.25) is 24.0 Å². The van der Waals surface area contributed by atoms with E-state index in [0.29, 0.717) is 6.42 Å². The van der Waals surface area contributed by atoms with Crippen LogP contribution in [0, 0.1) is 0 Å². The minimum Gasteiger partial charge on any atom is -0.488 e. The van der Waals surface area contributed by atoms with Gasteiger partial charge in [0.05, 0.1) is 12.0 Å². The first-order chi connectivity index (χ1) is 22.3. The molecule has 0 bridgehead atoms. The van der Waals surface area contributed by atoms with Crippen LogP contribution in [0.4, 0.5) is 0 Å². The summed E-state index contributed by atoms with van der Waals surface area (Å²) in [6, 6.07) is 4.26. The number of rotatable bonds is 14. The van der Waals surface area contributed by atoms with E-state index in [4.69, 9.17) is 42.3 Å². The molecule has 1 saturated heterocycles. The lowest BCUT2D eigenvalue weighted by molar-refractivity contribution is -0.288. The zero-order valence-corrected chi connectivity index (χ0v) is 26.9. The molecule has 0 unspecified atom stereocenters. The summed E-state index contributed by atoms with van der Waals surface area (Å²) >= 11 is 0. The Hall–Kier alpha value is -4.92. The highest BCUT2D eigenvalue weighted by Gasteiger charge is 2.53. The van der Waals surface area contributed by atoms with E-state index < -0.39 is 78.5 Å². The lowest BCUT2D eigenvalue weighted by atomic mass is 9.98. The zero-order chi connectivity index (χ0) is 34.7. The molecule has 0 N–H and O–H groups in total. The number of benzene rings is 1. The zero-order valence-electron chi connectivity index (χ0n) is 26.9. The first-order valence-corrected chi connectivity index (χ1v) is 14.9. The molecular weight excluding hydrogens is 624 g/mol. The molecule has 0 spiro atoms. The molecule has 2 aromatic rings. The summed E-state index contributed by atoms with van der Waals surface area (Å²) < 4.78 is 49.9. The van der Waals surface area contributed by atoms with Crippen LogP contribution >= 0.6 is 0 Å². The minimum atomic E-state index is -1.52. The number of carbonyl (C=O) groups excluding carboxylic acids is 5. The van der Waals surface area contributed by atoms with Crippen LogP contribution < -0.4 is 19.8 Å². The summed E-state index contributed by atoms with van der Waals surface area (Å²) in [5.74, 6) is -4.13. The maximum Gasteiger partial charge on any atom is 0.383 e. The summed E-state index contributed by atoms with van der Waals surface area (Å²) in [6.45, 7) is 7.72. The van der Waals surface area contributed by atoms with Gasteiger partial charge in [-0.05, 0) is 25.0 Å². The molecular formula is C32H38O15. The van der Waals surface area contributed by atoms with Gasteiger partial charge in [-0.2, -0.15) is 0 Å². The standard InChI is InChI=1S/C32H38O15/c1-7-9-10-11-14-39-26-22-13-12-21(15-23(22)45-31(38)29(26)47-25(37)8-2)44-32-30(43-20(6)36)28(42-19(5)35)27(41-18(4)34)24(46-32)16-40-17(3)33/h9-10,12-13,15,24,27-28,30,32H,7-8,11,14,16H2,1-6H3/t24-,27-,28+,30+,32+/m1/s1. The van der Waals surface area contributed by atoms with Crippen LogP contribution in [0.3, 0.4) is 0 Å². The maximum absolute atomic E-state index is 13.0. The fourth-order valence-corrected chi connectivity index (χ4v) is 4.56. The second kappa shape index (κ2) is 17.1. The van der Waals surface area contributed by atoms with Crippen molar-refractivity contribution in [3.8, 4) is 17.2 Å². The van der Waals surface area contributed by atoms with Gasteiger partial charge in [-0.25, -0.2) is 4.79 Å². The largest absolute Gasteiger partial charge is 0.488 e. The Morgan fingerprint density at radius 2 is 1.49 bits per heavy atom. The molecule has 0 aliphatic carbocycles. The third-order valence-corrected chi connectivity index (χ3v) is 6.43. The topological polar surface area (TPSA) is 189 Å². The van der Waals surface area contributed by atoms with Crippen LogP contribution in [0.15, 0.2) is 39.6 Å².